The first-order valence-electron chi connectivity index (χ1n) is 8.06. The van der Waals surface area contributed by atoms with Gasteiger partial charge >= 0.3 is 0 Å². The van der Waals surface area contributed by atoms with Crippen LogP contribution in [0.3, 0.4) is 0 Å². The van der Waals surface area contributed by atoms with Crippen molar-refractivity contribution in [3.8, 4) is 0 Å². The number of carbonyl (C=O) groups excluding carboxylic acids is 1. The molecule has 26 heavy (non-hydrogen) atoms. The lowest BCUT2D eigenvalue weighted by Gasteiger charge is -2.10. The van der Waals surface area contributed by atoms with Crippen molar-refractivity contribution < 1.29 is 4.79 Å². The molecule has 1 unspecified atom stereocenters. The molecule has 4 aromatic rings. The molecule has 3 aromatic heterocycles. The van der Waals surface area contributed by atoms with Gasteiger partial charge in [-0.15, -0.1) is 11.3 Å². The van der Waals surface area contributed by atoms with Gasteiger partial charge in [0.05, 0.1) is 15.5 Å². The Morgan fingerprint density at radius 3 is 2.81 bits per heavy atom. The number of aromatic nitrogens is 3. The van der Waals surface area contributed by atoms with E-state index in [9.17, 15) is 4.79 Å². The summed E-state index contributed by atoms with van der Waals surface area (Å²) in [6, 6.07) is 7.85. The number of thiazole rings is 1. The minimum absolute atomic E-state index is 0.0783. The summed E-state index contributed by atoms with van der Waals surface area (Å²) in [6.45, 7) is 6.04. The van der Waals surface area contributed by atoms with Crippen molar-refractivity contribution in [2.24, 2.45) is 0 Å². The lowest BCUT2D eigenvalue weighted by atomic mass is 10.2. The average molecular weight is 401 g/mol. The van der Waals surface area contributed by atoms with E-state index in [1.807, 2.05) is 31.2 Å². The summed E-state index contributed by atoms with van der Waals surface area (Å²) in [5, 5.41) is 5.16. The van der Waals surface area contributed by atoms with Crippen LogP contribution in [-0.2, 0) is 4.79 Å². The number of para-hydroxylation sites is 1. The van der Waals surface area contributed by atoms with Crippen LogP contribution >= 0.6 is 34.4 Å². The Labute approximate surface area is 162 Å². The largest absolute Gasteiger partial charge is 0.301 e. The zero-order chi connectivity index (χ0) is 18.3. The monoisotopic (exact) mass is 400 g/mol. The Kier molecular flexibility index (Phi) is 4.64. The molecule has 8 heteroatoms. The molecule has 3 heterocycles. The van der Waals surface area contributed by atoms with Gasteiger partial charge in [0.1, 0.15) is 16.2 Å². The first-order chi connectivity index (χ1) is 12.5. The molecule has 0 spiro atoms. The normalized spacial score (nSPS) is 12.6. The Bertz CT molecular complexity index is 1090. The van der Waals surface area contributed by atoms with E-state index in [0.717, 1.165) is 25.5 Å². The molecule has 0 radical (unpaired) electrons. The van der Waals surface area contributed by atoms with E-state index >= 15 is 0 Å². The summed E-state index contributed by atoms with van der Waals surface area (Å²) in [7, 11) is 0. The lowest BCUT2D eigenvalue weighted by Crippen LogP contribution is -2.22. The molecule has 132 valence electrons. The molecule has 0 saturated carbocycles. The van der Waals surface area contributed by atoms with Crippen LogP contribution in [0.1, 0.15) is 17.4 Å². The van der Waals surface area contributed by atoms with E-state index in [1.165, 1.54) is 33.5 Å². The number of thiophene rings is 1. The van der Waals surface area contributed by atoms with E-state index < -0.39 is 0 Å². The molecule has 0 saturated heterocycles. The quantitative estimate of drug-likeness (QED) is 0.384. The second kappa shape index (κ2) is 6.94. The van der Waals surface area contributed by atoms with Crippen molar-refractivity contribution in [1.82, 2.24) is 15.0 Å². The number of thioether (sulfide) groups is 1. The summed E-state index contributed by atoms with van der Waals surface area (Å²) in [5.74, 6) is -0.0783. The molecule has 1 aromatic carbocycles. The SMILES string of the molecule is Cc1sc2ncnc(SC(C)C(=O)Nc3nc4ccccc4s3)c2c1C. The Balaban J connectivity index is 1.54. The number of hydrogen-bond donors (Lipinski definition) is 1. The highest BCUT2D eigenvalue weighted by molar-refractivity contribution is 8.00. The van der Waals surface area contributed by atoms with Crippen LogP contribution in [0.5, 0.6) is 0 Å². The maximum Gasteiger partial charge on any atom is 0.239 e. The first kappa shape index (κ1) is 17.4. The summed E-state index contributed by atoms with van der Waals surface area (Å²) in [6.07, 6.45) is 1.57. The number of benzene rings is 1. The van der Waals surface area contributed by atoms with Crippen molar-refractivity contribution in [2.75, 3.05) is 5.32 Å². The van der Waals surface area contributed by atoms with E-state index in [0.29, 0.717) is 5.13 Å². The number of aryl methyl sites for hydroxylation is 2. The molecular formula is C18H16N4OS3. The van der Waals surface area contributed by atoms with Gasteiger partial charge < -0.3 is 5.32 Å². The van der Waals surface area contributed by atoms with Crippen LogP contribution in [0, 0.1) is 13.8 Å². The molecule has 0 aliphatic heterocycles. The van der Waals surface area contributed by atoms with Gasteiger partial charge in [-0.1, -0.05) is 35.2 Å². The smallest absolute Gasteiger partial charge is 0.239 e. The van der Waals surface area contributed by atoms with Gasteiger partial charge in [-0.2, -0.15) is 0 Å². The number of amides is 1. The molecule has 0 aliphatic carbocycles. The summed E-state index contributed by atoms with van der Waals surface area (Å²) < 4.78 is 1.06. The standard InChI is InChI=1S/C18H16N4OS3/c1-9-10(2)24-16-14(9)17(20-8-19-16)25-11(3)15(23)22-18-21-12-6-4-5-7-13(12)26-18/h4-8,11H,1-3H3,(H,21,22,23). The molecule has 5 nitrogen and oxygen atoms in total. The number of carbonyl (C=O) groups is 1. The molecule has 0 fully saturated rings. The van der Waals surface area contributed by atoms with Crippen LogP contribution in [-0.4, -0.2) is 26.1 Å². The minimum Gasteiger partial charge on any atom is -0.301 e. The van der Waals surface area contributed by atoms with Crippen molar-refractivity contribution in [3.63, 3.8) is 0 Å². The zero-order valence-electron chi connectivity index (χ0n) is 14.4. The number of hydrogen-bond acceptors (Lipinski definition) is 7. The molecule has 0 bridgehead atoms. The number of fused-ring (bicyclic) bond motifs is 2. The fourth-order valence-corrected chi connectivity index (χ4v) is 5.50. The molecule has 1 atom stereocenters. The second-order valence-corrected chi connectivity index (χ2v) is 9.44. The van der Waals surface area contributed by atoms with E-state index in [-0.39, 0.29) is 11.2 Å². The van der Waals surface area contributed by atoms with E-state index in [2.05, 4.69) is 34.1 Å². The molecule has 4 rings (SSSR count). The number of anilines is 1. The predicted molar refractivity (Wildman–Crippen MR) is 110 cm³/mol. The fourth-order valence-electron chi connectivity index (χ4n) is 2.59. The van der Waals surface area contributed by atoms with Crippen LogP contribution in [0.4, 0.5) is 5.13 Å². The molecular weight excluding hydrogens is 384 g/mol. The highest BCUT2D eigenvalue weighted by Crippen LogP contribution is 2.36. The lowest BCUT2D eigenvalue weighted by molar-refractivity contribution is -0.115. The fraction of sp³-hybridized carbons (Fsp3) is 0.222. The van der Waals surface area contributed by atoms with Gasteiger partial charge in [0, 0.05) is 10.3 Å². The van der Waals surface area contributed by atoms with Gasteiger partial charge in [-0.25, -0.2) is 15.0 Å². The van der Waals surface area contributed by atoms with Gasteiger partial charge in [-0.3, -0.25) is 4.79 Å². The maximum atomic E-state index is 12.6. The summed E-state index contributed by atoms with van der Waals surface area (Å²) in [4.78, 5) is 28.0. The summed E-state index contributed by atoms with van der Waals surface area (Å²) >= 11 is 4.60. The topological polar surface area (TPSA) is 67.8 Å². The predicted octanol–water partition coefficient (Wildman–Crippen LogP) is 5.04. The van der Waals surface area contributed by atoms with Crippen molar-refractivity contribution in [3.05, 3.63) is 41.0 Å². The Hall–Kier alpha value is -2.03. The highest BCUT2D eigenvalue weighted by atomic mass is 32.2. The number of rotatable bonds is 4. The van der Waals surface area contributed by atoms with E-state index in [4.69, 9.17) is 0 Å². The second-order valence-electron chi connectivity index (χ2n) is 5.88. The Morgan fingerprint density at radius 2 is 2.00 bits per heavy atom. The minimum atomic E-state index is -0.292. The molecule has 0 aliphatic rings. The van der Waals surface area contributed by atoms with Crippen LogP contribution in [0.2, 0.25) is 0 Å². The van der Waals surface area contributed by atoms with Crippen molar-refractivity contribution in [1.29, 1.82) is 0 Å². The third kappa shape index (κ3) is 3.20. The third-order valence-corrected chi connectivity index (χ3v) is 7.28. The van der Waals surface area contributed by atoms with E-state index in [1.54, 1.807) is 17.7 Å². The zero-order valence-corrected chi connectivity index (χ0v) is 16.9. The van der Waals surface area contributed by atoms with Crippen LogP contribution < -0.4 is 5.32 Å². The summed E-state index contributed by atoms with van der Waals surface area (Å²) in [5.41, 5.74) is 2.09. The number of nitrogens with zero attached hydrogens (tertiary/aromatic N) is 3. The average Bonchev–Trinajstić information content (AvgIpc) is 3.15. The molecule has 1 N–H and O–H groups in total. The third-order valence-electron chi connectivity index (χ3n) is 4.11. The first-order valence-corrected chi connectivity index (χ1v) is 10.6. The van der Waals surface area contributed by atoms with Gasteiger partial charge in [0.2, 0.25) is 5.91 Å². The molecule has 1 amide bonds. The Morgan fingerprint density at radius 1 is 1.19 bits per heavy atom. The number of nitrogens with one attached hydrogen (secondary N) is 1. The highest BCUT2D eigenvalue weighted by Gasteiger charge is 2.20. The van der Waals surface area contributed by atoms with Gasteiger partial charge in [-0.05, 0) is 38.5 Å². The van der Waals surface area contributed by atoms with Crippen molar-refractivity contribution >= 4 is 65.9 Å². The maximum absolute atomic E-state index is 12.6. The van der Waals surface area contributed by atoms with Crippen LogP contribution in [0.25, 0.3) is 20.4 Å². The van der Waals surface area contributed by atoms with Crippen molar-refractivity contribution in [2.45, 2.75) is 31.0 Å². The van der Waals surface area contributed by atoms with Gasteiger partial charge in [0.15, 0.2) is 5.13 Å². The van der Waals surface area contributed by atoms with Crippen LogP contribution in [0.15, 0.2) is 35.6 Å². The van der Waals surface area contributed by atoms with Gasteiger partial charge in [0.25, 0.3) is 0 Å².